The molecule has 2 heterocycles. The molecule has 116 valence electrons. The van der Waals surface area contributed by atoms with E-state index in [9.17, 15) is 9.59 Å². The number of nitrogens with two attached hydrogens (primary N) is 1. The van der Waals surface area contributed by atoms with Crippen molar-refractivity contribution in [3.63, 3.8) is 0 Å². The minimum absolute atomic E-state index is 0.0775. The van der Waals surface area contributed by atoms with Gasteiger partial charge in [-0.3, -0.25) is 9.20 Å². The maximum absolute atomic E-state index is 12.3. The summed E-state index contributed by atoms with van der Waals surface area (Å²) in [7, 11) is 0. The Morgan fingerprint density at radius 2 is 2.00 bits per heavy atom. The summed E-state index contributed by atoms with van der Waals surface area (Å²) in [4.78, 5) is 28.2. The largest absolute Gasteiger partial charge is 0.477 e. The van der Waals surface area contributed by atoms with Crippen LogP contribution in [0.4, 0.5) is 5.69 Å². The van der Waals surface area contributed by atoms with E-state index in [-0.39, 0.29) is 10.4 Å². The van der Waals surface area contributed by atoms with Crippen LogP contribution in [0.1, 0.15) is 26.5 Å². The maximum Gasteiger partial charge on any atom is 0.347 e. The quantitative estimate of drug-likeness (QED) is 0.720. The fourth-order valence-corrected chi connectivity index (χ4v) is 2.91. The maximum atomic E-state index is 12.3. The van der Waals surface area contributed by atoms with E-state index in [1.165, 1.54) is 10.6 Å². The Morgan fingerprint density at radius 1 is 1.30 bits per heavy atom. The van der Waals surface area contributed by atoms with Gasteiger partial charge in [0.15, 0.2) is 4.96 Å². The monoisotopic (exact) mass is 327 g/mol. The summed E-state index contributed by atoms with van der Waals surface area (Å²) < 4.78 is 1.27. The molecule has 0 unspecified atom stereocenters. The summed E-state index contributed by atoms with van der Waals surface area (Å²) in [6.45, 7) is 1.67. The van der Waals surface area contributed by atoms with E-state index in [0.29, 0.717) is 21.9 Å². The highest BCUT2D eigenvalue weighted by molar-refractivity contribution is 7.18. The third-order valence-electron chi connectivity index (χ3n) is 3.37. The van der Waals surface area contributed by atoms with Gasteiger partial charge in [0.05, 0.1) is 5.69 Å². The van der Waals surface area contributed by atoms with Gasteiger partial charge in [0.2, 0.25) is 0 Å². The number of hydrogen-bond donors (Lipinski definition) is 2. The fourth-order valence-electron chi connectivity index (χ4n) is 2.09. The van der Waals surface area contributed by atoms with Gasteiger partial charge in [-0.15, -0.1) is 0 Å². The van der Waals surface area contributed by atoms with Crippen LogP contribution in [0.2, 0.25) is 0 Å². The number of carboxylic acid groups (broad SMARTS) is 1. The number of hydrogen-bond acceptors (Lipinski definition) is 5. The Labute approximate surface area is 135 Å². The van der Waals surface area contributed by atoms with Gasteiger partial charge in [-0.1, -0.05) is 29.5 Å². The number of aromatic carboxylic acids is 1. The smallest absolute Gasteiger partial charge is 0.347 e. The van der Waals surface area contributed by atoms with Gasteiger partial charge in [-0.05, 0) is 30.7 Å². The van der Waals surface area contributed by atoms with Gasteiger partial charge in [0.25, 0.3) is 5.56 Å². The van der Waals surface area contributed by atoms with Crippen molar-refractivity contribution in [2.75, 3.05) is 5.73 Å². The lowest BCUT2D eigenvalue weighted by Crippen LogP contribution is -2.17. The first-order valence-corrected chi connectivity index (χ1v) is 7.57. The molecule has 23 heavy (non-hydrogen) atoms. The highest BCUT2D eigenvalue weighted by Gasteiger charge is 2.13. The molecule has 0 atom stereocenters. The molecule has 0 radical (unpaired) electrons. The number of benzene rings is 1. The van der Waals surface area contributed by atoms with Crippen LogP contribution in [0.3, 0.4) is 0 Å². The Bertz CT molecular complexity index is 984. The van der Waals surface area contributed by atoms with Gasteiger partial charge in [-0.25, -0.2) is 9.78 Å². The van der Waals surface area contributed by atoms with Crippen LogP contribution in [0.15, 0.2) is 35.3 Å². The van der Waals surface area contributed by atoms with E-state index in [2.05, 4.69) is 4.98 Å². The molecule has 0 aliphatic heterocycles. The number of carboxylic acids is 1. The molecule has 1 aromatic carbocycles. The molecule has 6 nitrogen and oxygen atoms in total. The van der Waals surface area contributed by atoms with Crippen molar-refractivity contribution in [3.05, 3.63) is 62.5 Å². The molecular weight excluding hydrogens is 314 g/mol. The number of aromatic nitrogens is 2. The number of nitrogens with zero attached hydrogens (tertiary/aromatic N) is 2. The minimum Gasteiger partial charge on any atom is -0.477 e. The summed E-state index contributed by atoms with van der Waals surface area (Å²) in [5, 5.41) is 9.03. The van der Waals surface area contributed by atoms with Crippen LogP contribution in [-0.2, 0) is 0 Å². The highest BCUT2D eigenvalue weighted by Crippen LogP contribution is 2.17. The average Bonchev–Trinajstić information content (AvgIpc) is 2.95. The number of fused-ring (bicyclic) bond motifs is 1. The first-order valence-electron chi connectivity index (χ1n) is 6.75. The summed E-state index contributed by atoms with van der Waals surface area (Å²) in [6.07, 6.45) is 4.87. The lowest BCUT2D eigenvalue weighted by atomic mass is 10.1. The number of nitrogen functional groups attached to an aromatic ring is 1. The van der Waals surface area contributed by atoms with Crippen LogP contribution in [0.5, 0.6) is 0 Å². The molecule has 0 aliphatic rings. The predicted molar refractivity (Wildman–Crippen MR) is 90.8 cm³/mol. The molecule has 0 spiro atoms. The van der Waals surface area contributed by atoms with Gasteiger partial charge in [-0.2, -0.15) is 0 Å². The second-order valence-electron chi connectivity index (χ2n) is 4.98. The fraction of sp³-hybridized carbons (Fsp3) is 0.0625. The first kappa shape index (κ1) is 15.0. The molecule has 0 bridgehead atoms. The average molecular weight is 327 g/mol. The number of thiazole rings is 1. The molecule has 3 N–H and O–H groups in total. The molecule has 3 aromatic rings. The normalized spacial score (nSPS) is 11.3. The molecule has 0 amide bonds. The number of anilines is 1. The van der Waals surface area contributed by atoms with Gasteiger partial charge >= 0.3 is 5.97 Å². The number of rotatable bonds is 3. The van der Waals surface area contributed by atoms with Crippen LogP contribution < -0.4 is 11.3 Å². The molecule has 0 saturated carbocycles. The molecule has 0 fully saturated rings. The zero-order valence-corrected chi connectivity index (χ0v) is 13.0. The van der Waals surface area contributed by atoms with Gasteiger partial charge in [0, 0.05) is 17.4 Å². The second kappa shape index (κ2) is 5.69. The SMILES string of the molecule is Cc1c(C=Cc2ccc(N)cc2)nc2sc(C(=O)O)cn2c1=O. The first-order chi connectivity index (χ1) is 11.0. The van der Waals surface area contributed by atoms with Crippen LogP contribution in [0.25, 0.3) is 17.1 Å². The molecule has 0 aliphatic carbocycles. The summed E-state index contributed by atoms with van der Waals surface area (Å²) >= 11 is 0.968. The number of carbonyl (C=O) groups is 1. The Morgan fingerprint density at radius 3 is 2.65 bits per heavy atom. The van der Waals surface area contributed by atoms with E-state index in [4.69, 9.17) is 10.8 Å². The van der Waals surface area contributed by atoms with E-state index >= 15 is 0 Å². The molecular formula is C16H13N3O3S. The third-order valence-corrected chi connectivity index (χ3v) is 4.34. The van der Waals surface area contributed by atoms with Crippen molar-refractivity contribution in [2.45, 2.75) is 6.92 Å². The zero-order valence-electron chi connectivity index (χ0n) is 12.2. The van der Waals surface area contributed by atoms with Crippen molar-refractivity contribution >= 4 is 40.1 Å². The van der Waals surface area contributed by atoms with Crippen LogP contribution in [-0.4, -0.2) is 20.5 Å². The Kier molecular flexibility index (Phi) is 3.71. The molecule has 3 rings (SSSR count). The lowest BCUT2D eigenvalue weighted by Gasteiger charge is -2.00. The van der Waals surface area contributed by atoms with Crippen molar-refractivity contribution in [2.24, 2.45) is 0 Å². The predicted octanol–water partition coefficient (Wildman–Crippen LogP) is 2.52. The summed E-state index contributed by atoms with van der Waals surface area (Å²) in [6, 6.07) is 7.30. The zero-order chi connectivity index (χ0) is 16.6. The second-order valence-corrected chi connectivity index (χ2v) is 5.99. The van der Waals surface area contributed by atoms with Crippen molar-refractivity contribution in [1.82, 2.24) is 9.38 Å². The standard InChI is InChI=1S/C16H13N3O3S/c1-9-12(7-4-10-2-5-11(17)6-3-10)18-16-19(14(9)20)8-13(23-16)15(21)22/h2-8H,17H2,1H3,(H,21,22). The van der Waals surface area contributed by atoms with Crippen molar-refractivity contribution < 1.29 is 9.90 Å². The summed E-state index contributed by atoms with van der Waals surface area (Å²) in [5.74, 6) is -1.07. The molecule has 0 saturated heterocycles. The van der Waals surface area contributed by atoms with E-state index in [1.807, 2.05) is 18.2 Å². The van der Waals surface area contributed by atoms with Crippen molar-refractivity contribution in [3.8, 4) is 0 Å². The van der Waals surface area contributed by atoms with Crippen molar-refractivity contribution in [1.29, 1.82) is 0 Å². The van der Waals surface area contributed by atoms with Gasteiger partial charge in [0.1, 0.15) is 4.88 Å². The highest BCUT2D eigenvalue weighted by atomic mass is 32.1. The topological polar surface area (TPSA) is 97.7 Å². The van der Waals surface area contributed by atoms with Crippen LogP contribution >= 0.6 is 11.3 Å². The molecule has 2 aromatic heterocycles. The Balaban J connectivity index is 2.07. The summed E-state index contributed by atoms with van der Waals surface area (Å²) in [5.41, 5.74) is 7.96. The van der Waals surface area contributed by atoms with Gasteiger partial charge < -0.3 is 10.8 Å². The third kappa shape index (κ3) is 2.86. The minimum atomic E-state index is -1.07. The van der Waals surface area contributed by atoms with E-state index in [0.717, 1.165) is 16.9 Å². The molecule has 7 heteroatoms. The van der Waals surface area contributed by atoms with E-state index in [1.54, 1.807) is 25.1 Å². The van der Waals surface area contributed by atoms with E-state index < -0.39 is 5.97 Å². The lowest BCUT2D eigenvalue weighted by molar-refractivity contribution is 0.0702. The van der Waals surface area contributed by atoms with Crippen LogP contribution in [0, 0.1) is 6.92 Å². The Hall–Kier alpha value is -2.93.